The molecule has 13 nitrogen and oxygen atoms in total. The van der Waals surface area contributed by atoms with Gasteiger partial charge in [0.1, 0.15) is 11.3 Å². The van der Waals surface area contributed by atoms with Gasteiger partial charge in [-0.1, -0.05) is 36.8 Å². The maximum Gasteiger partial charge on any atom is 0.345 e. The Hall–Kier alpha value is -5.34. The number of nitrogens with one attached hydrogen (secondary N) is 4. The summed E-state index contributed by atoms with van der Waals surface area (Å²) in [6.07, 6.45) is 4.07. The van der Waals surface area contributed by atoms with Crippen LogP contribution in [-0.2, 0) is 9.53 Å². The van der Waals surface area contributed by atoms with Crippen LogP contribution in [0.5, 0.6) is 5.75 Å². The van der Waals surface area contributed by atoms with Crippen LogP contribution in [0.4, 0.5) is 10.5 Å². The maximum absolute atomic E-state index is 13.1. The van der Waals surface area contributed by atoms with Crippen LogP contribution >= 0.6 is 11.8 Å². The molecule has 4 aromatic rings. The van der Waals surface area contributed by atoms with Crippen molar-refractivity contribution in [1.82, 2.24) is 21.5 Å². The summed E-state index contributed by atoms with van der Waals surface area (Å²) in [7, 11) is 1.59. The highest BCUT2D eigenvalue weighted by molar-refractivity contribution is 8.00. The first-order chi connectivity index (χ1) is 25.9. The molecule has 0 saturated carbocycles. The van der Waals surface area contributed by atoms with E-state index in [1.165, 1.54) is 0 Å². The van der Waals surface area contributed by atoms with Gasteiger partial charge in [0.05, 0.1) is 54.4 Å². The number of carbonyl (C=O) groups is 3. The van der Waals surface area contributed by atoms with Crippen LogP contribution in [0.15, 0.2) is 93.2 Å². The molecule has 7 rings (SSSR count). The number of hydrogen-bond donors (Lipinski definition) is 4. The molecule has 1 aromatic heterocycles. The number of urea groups is 1. The minimum atomic E-state index is -0.464. The second kappa shape index (κ2) is 16.6. The third-order valence-corrected chi connectivity index (χ3v) is 11.2. The number of ether oxygens (including phenoxy) is 2. The third kappa shape index (κ3) is 8.50. The topological polar surface area (TPSA) is 164 Å². The predicted octanol–water partition coefficient (Wildman–Crippen LogP) is 5.05. The molecule has 0 bridgehead atoms. The van der Waals surface area contributed by atoms with Crippen LogP contribution in [0.3, 0.4) is 0 Å². The van der Waals surface area contributed by atoms with Crippen molar-refractivity contribution in [1.29, 1.82) is 0 Å². The fourth-order valence-corrected chi connectivity index (χ4v) is 8.48. The summed E-state index contributed by atoms with van der Waals surface area (Å²) in [4.78, 5) is 49.7. The minimum absolute atomic E-state index is 0.0831. The molecule has 2 saturated heterocycles. The number of hydrazone groups is 1. The lowest BCUT2D eigenvalue weighted by atomic mass is 9.98. The summed E-state index contributed by atoms with van der Waals surface area (Å²) >= 11 is 1.88. The van der Waals surface area contributed by atoms with E-state index in [0.29, 0.717) is 59.2 Å². The van der Waals surface area contributed by atoms with Gasteiger partial charge in [-0.15, -0.1) is 0 Å². The van der Waals surface area contributed by atoms with E-state index in [4.69, 9.17) is 19.0 Å². The number of anilines is 1. The van der Waals surface area contributed by atoms with Crippen molar-refractivity contribution in [2.45, 2.75) is 61.9 Å². The summed E-state index contributed by atoms with van der Waals surface area (Å²) in [6.45, 7) is 0.637. The largest absolute Gasteiger partial charge is 0.497 e. The highest BCUT2D eigenvalue weighted by Gasteiger charge is 2.42. The quantitative estimate of drug-likeness (QED) is 0.0427. The fourth-order valence-electron chi connectivity index (χ4n) is 6.93. The molecule has 3 aliphatic heterocycles. The standard InChI is InChI=1S/C39H42N6O7S/c1-50-28-16-17-33-26(20-28)21-29(38(48)52-33)30-22-32(24-8-3-2-4-9-24)45(44-30)27-14-12-25(13-15-27)37(47)51-19-7-18-40-43-35(46)11-6-5-10-34-36-31(23-53-34)41-39(49)42-36/h2-4,8-9,12-17,20-21,31-32,34,36,40H,5-7,10-11,18-19,22-23H2,1H3,(H,43,46)(H2,41,42,49)/t31-,32?,34-,36-/m0/s1. The Morgan fingerprint density at radius 2 is 1.83 bits per heavy atom. The summed E-state index contributed by atoms with van der Waals surface area (Å²) in [5.74, 6) is 1.05. The van der Waals surface area contributed by atoms with E-state index in [0.717, 1.165) is 41.7 Å². The van der Waals surface area contributed by atoms with Crippen molar-refractivity contribution in [2.24, 2.45) is 5.10 Å². The number of benzene rings is 3. The maximum atomic E-state index is 13.1. The Kier molecular flexibility index (Phi) is 11.3. The van der Waals surface area contributed by atoms with E-state index in [2.05, 4.69) is 21.5 Å². The van der Waals surface area contributed by atoms with Gasteiger partial charge in [-0.2, -0.15) is 16.9 Å². The molecule has 276 valence electrons. The number of fused-ring (bicyclic) bond motifs is 2. The first-order valence-electron chi connectivity index (χ1n) is 17.9. The summed E-state index contributed by atoms with van der Waals surface area (Å²) in [5.41, 5.74) is 8.78. The van der Waals surface area contributed by atoms with Gasteiger partial charge in [0.25, 0.3) is 0 Å². The first-order valence-corrected chi connectivity index (χ1v) is 18.9. The zero-order valence-corrected chi connectivity index (χ0v) is 30.2. The SMILES string of the molecule is COc1ccc2oc(=O)c(C3=NN(c4ccc(C(=O)OCCCNNC(=O)CCCC[C@@H]5SC[C@@H]6NC(=O)N[C@@H]65)cc4)C(c4ccccc4)C3)cc2c1. The number of nitrogens with zero attached hydrogens (tertiary/aromatic N) is 2. The Morgan fingerprint density at radius 3 is 2.64 bits per heavy atom. The van der Waals surface area contributed by atoms with Gasteiger partial charge < -0.3 is 24.5 Å². The van der Waals surface area contributed by atoms with Gasteiger partial charge in [0, 0.05) is 35.8 Å². The van der Waals surface area contributed by atoms with E-state index in [1.54, 1.807) is 37.4 Å². The van der Waals surface area contributed by atoms with E-state index < -0.39 is 11.6 Å². The van der Waals surface area contributed by atoms with Crippen molar-refractivity contribution < 1.29 is 28.3 Å². The van der Waals surface area contributed by atoms with Gasteiger partial charge in [-0.25, -0.2) is 19.8 Å². The van der Waals surface area contributed by atoms with Crippen molar-refractivity contribution in [3.8, 4) is 5.75 Å². The smallest absolute Gasteiger partial charge is 0.345 e. The van der Waals surface area contributed by atoms with Crippen LogP contribution in [0.1, 0.15) is 66.1 Å². The molecule has 3 aromatic carbocycles. The van der Waals surface area contributed by atoms with E-state index >= 15 is 0 Å². The van der Waals surface area contributed by atoms with E-state index in [9.17, 15) is 19.2 Å². The second-order valence-corrected chi connectivity index (χ2v) is 14.5. The van der Waals surface area contributed by atoms with Crippen LogP contribution in [0.25, 0.3) is 11.0 Å². The lowest BCUT2D eigenvalue weighted by molar-refractivity contribution is -0.122. The number of thioether (sulfide) groups is 1. The predicted molar refractivity (Wildman–Crippen MR) is 203 cm³/mol. The number of hydrazine groups is 1. The molecule has 3 amide bonds. The summed E-state index contributed by atoms with van der Waals surface area (Å²) in [5, 5.41) is 13.8. The fraction of sp³-hybridized carbons (Fsp3) is 0.359. The average Bonchev–Trinajstić information content (AvgIpc) is 3.89. The molecule has 53 heavy (non-hydrogen) atoms. The average molecular weight is 739 g/mol. The summed E-state index contributed by atoms with van der Waals surface area (Å²) < 4.78 is 16.5. The number of amides is 3. The van der Waals surface area contributed by atoms with Crippen LogP contribution in [0.2, 0.25) is 0 Å². The molecule has 0 aliphatic carbocycles. The molecule has 1 unspecified atom stereocenters. The van der Waals surface area contributed by atoms with Gasteiger partial charge in [0.2, 0.25) is 5.91 Å². The van der Waals surface area contributed by atoms with Crippen molar-refractivity contribution >= 4 is 52.0 Å². The van der Waals surface area contributed by atoms with Gasteiger partial charge in [0.15, 0.2) is 0 Å². The highest BCUT2D eigenvalue weighted by atomic mass is 32.2. The van der Waals surface area contributed by atoms with Gasteiger partial charge >= 0.3 is 17.6 Å². The van der Waals surface area contributed by atoms with Crippen molar-refractivity contribution in [3.05, 3.63) is 106 Å². The lowest BCUT2D eigenvalue weighted by Crippen LogP contribution is -2.38. The molecule has 3 aliphatic rings. The molecule has 0 radical (unpaired) electrons. The Bertz CT molecular complexity index is 2040. The molecular formula is C39H42N6O7S. The number of methoxy groups -OCH3 is 1. The second-order valence-electron chi connectivity index (χ2n) is 13.3. The Labute approximate surface area is 310 Å². The van der Waals surface area contributed by atoms with Crippen LogP contribution in [-0.4, -0.2) is 67.0 Å². The lowest BCUT2D eigenvalue weighted by Gasteiger charge is -2.24. The molecule has 4 N–H and O–H groups in total. The molecule has 14 heteroatoms. The van der Waals surface area contributed by atoms with E-state index in [1.807, 2.05) is 65.3 Å². The molecule has 4 atom stereocenters. The number of esters is 1. The monoisotopic (exact) mass is 738 g/mol. The molecule has 0 spiro atoms. The first kappa shape index (κ1) is 36.0. The van der Waals surface area contributed by atoms with E-state index in [-0.39, 0.29) is 36.7 Å². The molecule has 4 heterocycles. The highest BCUT2D eigenvalue weighted by Crippen LogP contribution is 2.37. The Morgan fingerprint density at radius 1 is 1.00 bits per heavy atom. The minimum Gasteiger partial charge on any atom is -0.497 e. The number of hydrogen-bond acceptors (Lipinski definition) is 11. The van der Waals surface area contributed by atoms with Crippen LogP contribution < -0.4 is 36.9 Å². The molecular weight excluding hydrogens is 697 g/mol. The third-order valence-electron chi connectivity index (χ3n) is 9.70. The van der Waals surface area contributed by atoms with Crippen molar-refractivity contribution in [3.63, 3.8) is 0 Å². The van der Waals surface area contributed by atoms with Crippen molar-refractivity contribution in [2.75, 3.05) is 31.0 Å². The number of rotatable bonds is 15. The Balaban J connectivity index is 0.881. The zero-order chi connectivity index (χ0) is 36.7. The number of carbonyl (C=O) groups excluding carboxylic acids is 3. The van der Waals surface area contributed by atoms with Crippen LogP contribution in [0, 0.1) is 0 Å². The number of unbranched alkanes of at least 4 members (excludes halogenated alkanes) is 1. The zero-order valence-electron chi connectivity index (χ0n) is 29.3. The normalized spacial score (nSPS) is 20.4. The molecule has 2 fully saturated rings. The summed E-state index contributed by atoms with van der Waals surface area (Å²) in [6, 6.07) is 24.2. The van der Waals surface area contributed by atoms with Gasteiger partial charge in [-0.05, 0) is 73.4 Å². The van der Waals surface area contributed by atoms with Gasteiger partial charge in [-0.3, -0.25) is 15.2 Å².